The largest absolute Gasteiger partial charge is 0.355 e. The lowest BCUT2D eigenvalue weighted by Gasteiger charge is -2.30. The van der Waals surface area contributed by atoms with Gasteiger partial charge >= 0.3 is 0 Å². The molecular formula is C19H26N4O3S. The Bertz CT molecular complexity index is 864. The van der Waals surface area contributed by atoms with Gasteiger partial charge in [-0.25, -0.2) is 17.7 Å². The zero-order valence-corrected chi connectivity index (χ0v) is 16.4. The summed E-state index contributed by atoms with van der Waals surface area (Å²) < 4.78 is 26.9. The van der Waals surface area contributed by atoms with Crippen molar-refractivity contribution in [3.8, 4) is 0 Å². The number of piperidine rings is 1. The quantitative estimate of drug-likeness (QED) is 0.771. The molecule has 0 radical (unpaired) electrons. The maximum Gasteiger partial charge on any atom is 0.224 e. The van der Waals surface area contributed by atoms with E-state index in [0.29, 0.717) is 25.9 Å². The highest BCUT2D eigenvalue weighted by molar-refractivity contribution is 7.88. The lowest BCUT2D eigenvalue weighted by molar-refractivity contribution is -0.126. The Morgan fingerprint density at radius 1 is 1.30 bits per heavy atom. The summed E-state index contributed by atoms with van der Waals surface area (Å²) in [5, 5.41) is 2.94. The number of aromatic nitrogens is 2. The predicted octanol–water partition coefficient (Wildman–Crippen LogP) is 1.26. The molecule has 1 N–H and O–H groups in total. The molecule has 27 heavy (non-hydrogen) atoms. The summed E-state index contributed by atoms with van der Waals surface area (Å²) in [5.41, 5.74) is 1.20. The minimum atomic E-state index is -3.24. The summed E-state index contributed by atoms with van der Waals surface area (Å²) >= 11 is 0. The van der Waals surface area contributed by atoms with Gasteiger partial charge in [-0.05, 0) is 18.4 Å². The van der Waals surface area contributed by atoms with Crippen molar-refractivity contribution < 1.29 is 13.2 Å². The highest BCUT2D eigenvalue weighted by Crippen LogP contribution is 2.18. The molecule has 2 heterocycles. The van der Waals surface area contributed by atoms with Gasteiger partial charge in [-0.1, -0.05) is 30.3 Å². The molecule has 146 valence electrons. The summed E-state index contributed by atoms with van der Waals surface area (Å²) in [4.78, 5) is 16.8. The van der Waals surface area contributed by atoms with Crippen LogP contribution >= 0.6 is 0 Å². The van der Waals surface area contributed by atoms with Gasteiger partial charge in [-0.15, -0.1) is 0 Å². The maximum atomic E-state index is 12.4. The summed E-state index contributed by atoms with van der Waals surface area (Å²) in [7, 11) is -3.24. The summed E-state index contributed by atoms with van der Waals surface area (Å²) in [6.45, 7) is 2.00. The maximum absolute atomic E-state index is 12.4. The van der Waals surface area contributed by atoms with E-state index in [9.17, 15) is 13.2 Å². The van der Waals surface area contributed by atoms with Crippen LogP contribution < -0.4 is 5.32 Å². The molecule has 1 aliphatic heterocycles. The normalized spacial score (nSPS) is 18.3. The Morgan fingerprint density at radius 2 is 2.07 bits per heavy atom. The van der Waals surface area contributed by atoms with Crippen LogP contribution in [-0.4, -0.2) is 54.1 Å². The third-order valence-electron chi connectivity index (χ3n) is 4.87. The molecule has 8 heteroatoms. The Labute approximate surface area is 160 Å². The van der Waals surface area contributed by atoms with Crippen LogP contribution in [0.2, 0.25) is 0 Å². The molecule has 0 unspecified atom stereocenters. The number of nitrogens with one attached hydrogen (secondary N) is 1. The van der Waals surface area contributed by atoms with E-state index in [0.717, 1.165) is 18.8 Å². The first kappa shape index (κ1) is 19.6. The van der Waals surface area contributed by atoms with Crippen molar-refractivity contribution in [3.05, 3.63) is 54.1 Å². The summed E-state index contributed by atoms with van der Waals surface area (Å²) in [6.07, 6.45) is 6.97. The molecule has 1 aromatic heterocycles. The van der Waals surface area contributed by atoms with Crippen LogP contribution in [0.25, 0.3) is 0 Å². The highest BCUT2D eigenvalue weighted by Gasteiger charge is 2.29. The predicted molar refractivity (Wildman–Crippen MR) is 104 cm³/mol. The van der Waals surface area contributed by atoms with Crippen LogP contribution in [0.5, 0.6) is 0 Å². The molecule has 1 amide bonds. The van der Waals surface area contributed by atoms with Gasteiger partial charge in [0, 0.05) is 45.0 Å². The second-order valence-electron chi connectivity index (χ2n) is 6.96. The fraction of sp³-hybridized carbons (Fsp3) is 0.474. The van der Waals surface area contributed by atoms with Crippen molar-refractivity contribution in [2.45, 2.75) is 25.8 Å². The fourth-order valence-electron chi connectivity index (χ4n) is 3.39. The first-order valence-electron chi connectivity index (χ1n) is 9.20. The molecule has 0 bridgehead atoms. The van der Waals surface area contributed by atoms with Crippen molar-refractivity contribution in [2.75, 3.05) is 25.9 Å². The van der Waals surface area contributed by atoms with E-state index < -0.39 is 10.0 Å². The van der Waals surface area contributed by atoms with Crippen molar-refractivity contribution in [3.63, 3.8) is 0 Å². The topological polar surface area (TPSA) is 84.3 Å². The average Bonchev–Trinajstić information content (AvgIpc) is 3.09. The van der Waals surface area contributed by atoms with Crippen molar-refractivity contribution in [2.24, 2.45) is 5.92 Å². The molecule has 0 spiro atoms. The molecule has 0 saturated carbocycles. The van der Waals surface area contributed by atoms with Crippen molar-refractivity contribution >= 4 is 15.9 Å². The lowest BCUT2D eigenvalue weighted by atomic mass is 9.99. The van der Waals surface area contributed by atoms with E-state index in [4.69, 9.17) is 0 Å². The lowest BCUT2D eigenvalue weighted by Crippen LogP contribution is -2.45. The smallest absolute Gasteiger partial charge is 0.224 e. The molecule has 2 aromatic rings. The Balaban J connectivity index is 1.50. The molecular weight excluding hydrogens is 364 g/mol. The molecule has 7 nitrogen and oxygen atoms in total. The number of rotatable bonds is 7. The van der Waals surface area contributed by atoms with Gasteiger partial charge in [-0.3, -0.25) is 4.79 Å². The van der Waals surface area contributed by atoms with Gasteiger partial charge in [0.1, 0.15) is 5.82 Å². The van der Waals surface area contributed by atoms with E-state index in [1.165, 1.54) is 16.1 Å². The van der Waals surface area contributed by atoms with Crippen LogP contribution in [-0.2, 0) is 27.8 Å². The Morgan fingerprint density at radius 3 is 2.81 bits per heavy atom. The van der Waals surface area contributed by atoms with E-state index in [2.05, 4.69) is 27.0 Å². The zero-order chi connectivity index (χ0) is 19.3. The van der Waals surface area contributed by atoms with Gasteiger partial charge in [0.05, 0.1) is 12.2 Å². The van der Waals surface area contributed by atoms with Gasteiger partial charge in [0.25, 0.3) is 0 Å². The fourth-order valence-corrected chi connectivity index (χ4v) is 4.30. The van der Waals surface area contributed by atoms with Gasteiger partial charge < -0.3 is 9.88 Å². The Hall–Kier alpha value is -2.19. The SMILES string of the molecule is CS(=O)(=O)N1CCC[C@H](C(=O)NCCc2nccn2Cc2ccccc2)C1. The molecule has 1 saturated heterocycles. The van der Waals surface area contributed by atoms with E-state index >= 15 is 0 Å². The number of hydrogen-bond donors (Lipinski definition) is 1. The standard InChI is InChI=1S/C19H26N4O3S/c1-27(25,26)23-12-5-8-17(15-23)19(24)21-10-9-18-20-11-13-22(18)14-16-6-3-2-4-7-16/h2-4,6-7,11,13,17H,5,8-10,12,14-15H2,1H3,(H,21,24)/t17-/m0/s1. The highest BCUT2D eigenvalue weighted by atomic mass is 32.2. The van der Waals surface area contributed by atoms with Crippen molar-refractivity contribution in [1.82, 2.24) is 19.2 Å². The molecule has 1 aromatic carbocycles. The first-order valence-corrected chi connectivity index (χ1v) is 11.0. The molecule has 0 aliphatic carbocycles. The number of hydrogen-bond acceptors (Lipinski definition) is 4. The number of sulfonamides is 1. The molecule has 1 aliphatic rings. The van der Waals surface area contributed by atoms with Gasteiger partial charge in [0.2, 0.25) is 15.9 Å². The number of carbonyl (C=O) groups excluding carboxylic acids is 1. The van der Waals surface area contributed by atoms with Gasteiger partial charge in [0.15, 0.2) is 0 Å². The number of amides is 1. The van der Waals surface area contributed by atoms with E-state index in [1.807, 2.05) is 24.4 Å². The minimum Gasteiger partial charge on any atom is -0.355 e. The first-order chi connectivity index (χ1) is 12.9. The van der Waals surface area contributed by atoms with Crippen LogP contribution in [0.4, 0.5) is 0 Å². The monoisotopic (exact) mass is 390 g/mol. The third-order valence-corrected chi connectivity index (χ3v) is 6.14. The van der Waals surface area contributed by atoms with E-state index in [1.54, 1.807) is 6.20 Å². The number of imidazole rings is 1. The second-order valence-corrected chi connectivity index (χ2v) is 8.94. The minimum absolute atomic E-state index is 0.0792. The summed E-state index contributed by atoms with van der Waals surface area (Å²) in [6, 6.07) is 10.2. The Kier molecular flexibility index (Phi) is 6.28. The third kappa shape index (κ3) is 5.40. The summed E-state index contributed by atoms with van der Waals surface area (Å²) in [5.74, 6) is 0.558. The van der Waals surface area contributed by atoms with Gasteiger partial charge in [-0.2, -0.15) is 0 Å². The molecule has 1 fully saturated rings. The van der Waals surface area contributed by atoms with Crippen LogP contribution in [0.15, 0.2) is 42.7 Å². The number of carbonyl (C=O) groups is 1. The van der Waals surface area contributed by atoms with Crippen molar-refractivity contribution in [1.29, 1.82) is 0 Å². The van der Waals surface area contributed by atoms with E-state index in [-0.39, 0.29) is 18.4 Å². The number of nitrogens with zero attached hydrogens (tertiary/aromatic N) is 3. The average molecular weight is 391 g/mol. The second kappa shape index (κ2) is 8.67. The number of benzene rings is 1. The molecule has 3 rings (SSSR count). The zero-order valence-electron chi connectivity index (χ0n) is 15.5. The van der Waals surface area contributed by atoms with Crippen LogP contribution in [0.3, 0.4) is 0 Å². The van der Waals surface area contributed by atoms with Crippen LogP contribution in [0.1, 0.15) is 24.2 Å². The molecule has 1 atom stereocenters. The van der Waals surface area contributed by atoms with Crippen LogP contribution in [0, 0.1) is 5.92 Å².